The number of rotatable bonds is 7. The minimum atomic E-state index is -4.47. The van der Waals surface area contributed by atoms with E-state index in [0.29, 0.717) is 30.8 Å². The van der Waals surface area contributed by atoms with E-state index in [1.54, 1.807) is 23.1 Å². The van der Waals surface area contributed by atoms with Crippen molar-refractivity contribution in [2.75, 3.05) is 37.7 Å². The minimum absolute atomic E-state index is 0.0372. The van der Waals surface area contributed by atoms with Crippen molar-refractivity contribution in [3.8, 4) is 11.6 Å². The third-order valence-electron chi connectivity index (χ3n) is 6.35. The molecule has 1 atom stereocenters. The van der Waals surface area contributed by atoms with Gasteiger partial charge in [0.2, 0.25) is 11.8 Å². The van der Waals surface area contributed by atoms with E-state index in [2.05, 4.69) is 9.72 Å². The molecule has 1 aromatic carbocycles. The fourth-order valence-corrected chi connectivity index (χ4v) is 4.34. The van der Waals surface area contributed by atoms with Gasteiger partial charge in [-0.05, 0) is 30.2 Å². The Kier molecular flexibility index (Phi) is 6.19. The third-order valence-corrected chi connectivity index (χ3v) is 6.35. The van der Waals surface area contributed by atoms with Gasteiger partial charge in [0.1, 0.15) is 12.3 Å². The number of halogens is 3. The maximum absolute atomic E-state index is 13.0. The second-order valence-electron chi connectivity index (χ2n) is 8.86. The van der Waals surface area contributed by atoms with Crippen molar-refractivity contribution in [1.82, 2.24) is 14.8 Å². The van der Waals surface area contributed by atoms with Crippen molar-refractivity contribution in [3.63, 3.8) is 0 Å². The summed E-state index contributed by atoms with van der Waals surface area (Å²) in [5.41, 5.74) is 1.83. The van der Waals surface area contributed by atoms with E-state index in [9.17, 15) is 27.6 Å². The number of amides is 3. The average Bonchev–Trinajstić information content (AvgIpc) is 3.31. The number of ether oxygens (including phenoxy) is 2. The number of fused-ring (bicyclic) bond motifs is 1. The maximum Gasteiger partial charge on any atom is 0.422 e. The minimum Gasteiger partial charge on any atom is -0.479 e. The summed E-state index contributed by atoms with van der Waals surface area (Å²) >= 11 is 0. The first-order valence-corrected chi connectivity index (χ1v) is 11.5. The van der Waals surface area contributed by atoms with Crippen LogP contribution in [0, 0.1) is 0 Å². The first-order valence-electron chi connectivity index (χ1n) is 11.5. The van der Waals surface area contributed by atoms with Gasteiger partial charge in [-0.25, -0.2) is 4.98 Å². The second kappa shape index (κ2) is 9.32. The lowest BCUT2D eigenvalue weighted by molar-refractivity contribution is -0.154. The molecule has 0 radical (unpaired) electrons. The Morgan fingerprint density at radius 2 is 1.92 bits per heavy atom. The Balaban J connectivity index is 1.20. The molecule has 3 amide bonds. The molecule has 0 N–H and O–H groups in total. The van der Waals surface area contributed by atoms with Crippen molar-refractivity contribution in [2.45, 2.75) is 31.7 Å². The van der Waals surface area contributed by atoms with Crippen LogP contribution in [0.3, 0.4) is 0 Å². The van der Waals surface area contributed by atoms with Gasteiger partial charge in [0.05, 0.1) is 6.20 Å². The molecule has 2 aromatic rings. The fraction of sp³-hybridized carbons (Fsp3) is 0.417. The Morgan fingerprint density at radius 1 is 1.11 bits per heavy atom. The number of nitrogens with zero attached hydrogens (tertiary/aromatic N) is 4. The normalized spacial score (nSPS) is 19.4. The Labute approximate surface area is 204 Å². The summed E-state index contributed by atoms with van der Waals surface area (Å²) in [6.07, 6.45) is -2.71. The molecular weight excluding hydrogens is 481 g/mol. The highest BCUT2D eigenvalue weighted by Gasteiger charge is 2.37. The van der Waals surface area contributed by atoms with Gasteiger partial charge in [0.25, 0.3) is 11.8 Å². The maximum atomic E-state index is 13.0. The van der Waals surface area contributed by atoms with Gasteiger partial charge in [-0.3, -0.25) is 14.4 Å². The molecule has 4 heterocycles. The molecule has 3 aliphatic heterocycles. The zero-order valence-electron chi connectivity index (χ0n) is 19.2. The lowest BCUT2D eigenvalue weighted by Gasteiger charge is -2.32. The van der Waals surface area contributed by atoms with Gasteiger partial charge in [-0.1, -0.05) is 6.07 Å². The third kappa shape index (κ3) is 4.93. The predicted molar refractivity (Wildman–Crippen MR) is 120 cm³/mol. The molecule has 2 saturated heterocycles. The van der Waals surface area contributed by atoms with Crippen LogP contribution in [-0.4, -0.2) is 77.6 Å². The fourth-order valence-electron chi connectivity index (χ4n) is 4.34. The molecule has 0 saturated carbocycles. The lowest BCUT2D eigenvalue weighted by Crippen LogP contribution is -2.47. The first-order chi connectivity index (χ1) is 17.2. The molecule has 9 nitrogen and oxygen atoms in total. The van der Waals surface area contributed by atoms with E-state index in [0.717, 1.165) is 25.1 Å². The lowest BCUT2D eigenvalue weighted by atomic mass is 10.1. The van der Waals surface area contributed by atoms with Gasteiger partial charge in [0, 0.05) is 49.9 Å². The van der Waals surface area contributed by atoms with Gasteiger partial charge in [0.15, 0.2) is 12.7 Å². The topological polar surface area (TPSA) is 92.3 Å². The zero-order chi connectivity index (χ0) is 25.4. The molecule has 190 valence electrons. The molecular formula is C24H23F3N4O5. The average molecular weight is 504 g/mol. The second-order valence-corrected chi connectivity index (χ2v) is 8.86. The molecule has 0 aliphatic carbocycles. The van der Waals surface area contributed by atoms with Crippen LogP contribution in [0.4, 0.5) is 18.9 Å². The SMILES string of the molecule is O=C(CN1Cc2ccc(N3CC[C@@H](Oc4ccc(OCC(F)(F)F)nc4)C3=O)cc2C1=O)N1CCC1. The number of benzene rings is 1. The number of hydrogen-bond acceptors (Lipinski definition) is 6. The van der Waals surface area contributed by atoms with E-state index in [1.807, 2.05) is 0 Å². The van der Waals surface area contributed by atoms with E-state index >= 15 is 0 Å². The summed E-state index contributed by atoms with van der Waals surface area (Å²) < 4.78 is 47.1. The van der Waals surface area contributed by atoms with E-state index in [4.69, 9.17) is 4.74 Å². The molecule has 5 rings (SSSR count). The Hall–Kier alpha value is -3.83. The first kappa shape index (κ1) is 23.9. The van der Waals surface area contributed by atoms with Crippen molar-refractivity contribution in [1.29, 1.82) is 0 Å². The summed E-state index contributed by atoms with van der Waals surface area (Å²) in [4.78, 5) is 46.7. The van der Waals surface area contributed by atoms with Crippen LogP contribution in [0.25, 0.3) is 0 Å². The van der Waals surface area contributed by atoms with Crippen molar-refractivity contribution in [2.24, 2.45) is 0 Å². The highest BCUT2D eigenvalue weighted by atomic mass is 19.4. The quantitative estimate of drug-likeness (QED) is 0.575. The van der Waals surface area contributed by atoms with Crippen molar-refractivity contribution >= 4 is 23.4 Å². The molecule has 2 fully saturated rings. The summed E-state index contributed by atoms with van der Waals surface area (Å²) in [6.45, 7) is 0.757. The zero-order valence-corrected chi connectivity index (χ0v) is 19.2. The van der Waals surface area contributed by atoms with Crippen LogP contribution in [0.5, 0.6) is 11.6 Å². The van der Waals surface area contributed by atoms with Gasteiger partial charge < -0.3 is 24.2 Å². The standard InChI is InChI=1S/C24H23F3N4O5/c25-24(26,27)14-35-20-5-4-17(11-28-20)36-19-6-9-31(23(19)34)16-3-2-15-12-30(22(33)18(15)10-16)13-21(32)29-7-1-8-29/h2-5,10-11,19H,1,6-9,12-14H2/t19-/m1/s1. The molecule has 3 aliphatic rings. The van der Waals surface area contributed by atoms with Crippen LogP contribution in [0.2, 0.25) is 0 Å². The largest absolute Gasteiger partial charge is 0.479 e. The predicted octanol–water partition coefficient (Wildman–Crippen LogP) is 2.40. The van der Waals surface area contributed by atoms with Crippen LogP contribution < -0.4 is 14.4 Å². The van der Waals surface area contributed by atoms with E-state index < -0.39 is 18.9 Å². The number of carbonyl (C=O) groups excluding carboxylic acids is 3. The number of likely N-dealkylation sites (tertiary alicyclic amines) is 1. The molecule has 0 spiro atoms. The summed E-state index contributed by atoms with van der Waals surface area (Å²) in [7, 11) is 0. The van der Waals surface area contributed by atoms with E-state index in [1.165, 1.54) is 28.1 Å². The summed E-state index contributed by atoms with van der Waals surface area (Å²) in [6, 6.07) is 7.85. The highest BCUT2D eigenvalue weighted by Crippen LogP contribution is 2.31. The van der Waals surface area contributed by atoms with Crippen LogP contribution in [-0.2, 0) is 16.1 Å². The van der Waals surface area contributed by atoms with Crippen LogP contribution >= 0.6 is 0 Å². The summed E-state index contributed by atoms with van der Waals surface area (Å²) in [5.74, 6) is -0.586. The van der Waals surface area contributed by atoms with Gasteiger partial charge in [-0.2, -0.15) is 13.2 Å². The van der Waals surface area contributed by atoms with Crippen LogP contribution in [0.1, 0.15) is 28.8 Å². The summed E-state index contributed by atoms with van der Waals surface area (Å²) in [5, 5.41) is 0. The number of pyridine rings is 1. The smallest absolute Gasteiger partial charge is 0.422 e. The van der Waals surface area contributed by atoms with Crippen molar-refractivity contribution in [3.05, 3.63) is 47.7 Å². The molecule has 0 bridgehead atoms. The van der Waals surface area contributed by atoms with Gasteiger partial charge in [-0.15, -0.1) is 0 Å². The molecule has 0 unspecified atom stereocenters. The number of anilines is 1. The number of alkyl halides is 3. The molecule has 36 heavy (non-hydrogen) atoms. The number of carbonyl (C=O) groups is 3. The number of hydrogen-bond donors (Lipinski definition) is 0. The monoisotopic (exact) mass is 504 g/mol. The molecule has 1 aromatic heterocycles. The number of aromatic nitrogens is 1. The Bertz CT molecular complexity index is 1180. The highest BCUT2D eigenvalue weighted by molar-refractivity contribution is 6.03. The Morgan fingerprint density at radius 3 is 2.58 bits per heavy atom. The van der Waals surface area contributed by atoms with Crippen LogP contribution in [0.15, 0.2) is 36.5 Å². The van der Waals surface area contributed by atoms with E-state index in [-0.39, 0.29) is 35.9 Å². The molecule has 12 heteroatoms. The van der Waals surface area contributed by atoms with Gasteiger partial charge >= 0.3 is 6.18 Å². The van der Waals surface area contributed by atoms with Crippen molar-refractivity contribution < 1.29 is 37.0 Å².